The van der Waals surface area contributed by atoms with Crippen LogP contribution in [0.15, 0.2) is 51.5 Å². The number of fused-ring (bicyclic) bond motifs is 1. The molecule has 4 aromatic rings. The third kappa shape index (κ3) is 2.96. The first-order valence-electron chi connectivity index (χ1n) is 8.36. The zero-order chi connectivity index (χ0) is 19.1. The maximum absolute atomic E-state index is 12.0. The summed E-state index contributed by atoms with van der Waals surface area (Å²) < 4.78 is 8.44. The van der Waals surface area contributed by atoms with Crippen LogP contribution in [0.5, 0.6) is 11.6 Å². The average Bonchev–Trinajstić information content (AvgIpc) is 3.12. The number of aromatic nitrogens is 3. The highest BCUT2D eigenvalue weighted by molar-refractivity contribution is 7.17. The molecule has 0 amide bonds. The number of thiophene rings is 1. The van der Waals surface area contributed by atoms with Gasteiger partial charge in [0, 0.05) is 24.4 Å². The highest BCUT2D eigenvalue weighted by atomic mass is 32.1. The SMILES string of the molecule is Cc1cc(Oc2nccc3ccsc23)ccc1-c1c(C)c(=O)[nH]c(=O)n1C. The van der Waals surface area contributed by atoms with Crippen molar-refractivity contribution in [1.29, 1.82) is 0 Å². The molecular weight excluding hydrogens is 362 g/mol. The van der Waals surface area contributed by atoms with Crippen LogP contribution in [-0.2, 0) is 7.05 Å². The number of ether oxygens (including phenoxy) is 1. The minimum atomic E-state index is -0.436. The molecule has 0 fully saturated rings. The fraction of sp³-hybridized carbons (Fsp3) is 0.150. The van der Waals surface area contributed by atoms with Crippen LogP contribution in [0.25, 0.3) is 21.3 Å². The summed E-state index contributed by atoms with van der Waals surface area (Å²) >= 11 is 1.58. The standard InChI is InChI=1S/C20H17N3O3S/c1-11-10-14(26-19-17-13(6-8-21-19)7-9-27-17)4-5-15(11)16-12(2)18(24)22-20(25)23(16)3/h4-10H,1-3H3,(H,22,24,25). The maximum Gasteiger partial charge on any atom is 0.328 e. The number of aryl methyl sites for hydroxylation is 1. The predicted molar refractivity (Wildman–Crippen MR) is 107 cm³/mol. The average molecular weight is 379 g/mol. The maximum atomic E-state index is 12.0. The van der Waals surface area contributed by atoms with E-state index in [1.165, 1.54) is 4.57 Å². The lowest BCUT2D eigenvalue weighted by molar-refractivity contribution is 0.470. The molecule has 4 rings (SSSR count). The minimum Gasteiger partial charge on any atom is -0.438 e. The Morgan fingerprint density at radius 1 is 1.15 bits per heavy atom. The summed E-state index contributed by atoms with van der Waals surface area (Å²) in [5.74, 6) is 1.21. The first-order chi connectivity index (χ1) is 13.0. The number of hydrogen-bond donors (Lipinski definition) is 1. The van der Waals surface area contributed by atoms with Gasteiger partial charge in [0.25, 0.3) is 5.56 Å². The Labute approximate surface area is 158 Å². The molecule has 0 unspecified atom stereocenters. The van der Waals surface area contributed by atoms with Gasteiger partial charge in [-0.05, 0) is 60.5 Å². The largest absolute Gasteiger partial charge is 0.438 e. The number of aromatic amines is 1. The third-order valence-electron chi connectivity index (χ3n) is 4.56. The van der Waals surface area contributed by atoms with Gasteiger partial charge in [0.15, 0.2) is 0 Å². The lowest BCUT2D eigenvalue weighted by atomic mass is 10.0. The van der Waals surface area contributed by atoms with E-state index in [4.69, 9.17) is 4.74 Å². The summed E-state index contributed by atoms with van der Waals surface area (Å²) in [6.07, 6.45) is 1.72. The fourth-order valence-electron chi connectivity index (χ4n) is 3.14. The monoisotopic (exact) mass is 379 g/mol. The van der Waals surface area contributed by atoms with Gasteiger partial charge in [0.2, 0.25) is 5.88 Å². The zero-order valence-electron chi connectivity index (χ0n) is 15.1. The second kappa shape index (κ2) is 6.51. The fourth-order valence-corrected chi connectivity index (χ4v) is 3.95. The number of nitrogens with zero attached hydrogens (tertiary/aromatic N) is 2. The van der Waals surface area contributed by atoms with Gasteiger partial charge >= 0.3 is 5.69 Å². The molecule has 0 radical (unpaired) electrons. The van der Waals surface area contributed by atoms with E-state index in [1.54, 1.807) is 31.5 Å². The van der Waals surface area contributed by atoms with Crippen LogP contribution in [0.4, 0.5) is 0 Å². The molecule has 1 aromatic carbocycles. The van der Waals surface area contributed by atoms with Crippen molar-refractivity contribution in [3.05, 3.63) is 73.9 Å². The first kappa shape index (κ1) is 17.2. The van der Waals surface area contributed by atoms with Gasteiger partial charge in [-0.1, -0.05) is 0 Å². The van der Waals surface area contributed by atoms with Crippen LogP contribution in [0.2, 0.25) is 0 Å². The summed E-state index contributed by atoms with van der Waals surface area (Å²) in [5, 5.41) is 3.09. The second-order valence-corrected chi connectivity index (χ2v) is 7.24. The Bertz CT molecular complexity index is 1250. The van der Waals surface area contributed by atoms with Crippen molar-refractivity contribution in [3.8, 4) is 22.9 Å². The Balaban J connectivity index is 1.78. The van der Waals surface area contributed by atoms with E-state index in [2.05, 4.69) is 9.97 Å². The second-order valence-electron chi connectivity index (χ2n) is 6.33. The summed E-state index contributed by atoms with van der Waals surface area (Å²) in [5.41, 5.74) is 2.00. The molecule has 0 saturated heterocycles. The molecule has 0 aliphatic rings. The molecule has 0 aliphatic carbocycles. The summed E-state index contributed by atoms with van der Waals surface area (Å²) in [6.45, 7) is 3.63. The van der Waals surface area contributed by atoms with E-state index in [9.17, 15) is 9.59 Å². The van der Waals surface area contributed by atoms with Crippen molar-refractivity contribution in [1.82, 2.24) is 14.5 Å². The van der Waals surface area contributed by atoms with Crippen LogP contribution in [-0.4, -0.2) is 14.5 Å². The van der Waals surface area contributed by atoms with Gasteiger partial charge < -0.3 is 4.74 Å². The highest BCUT2D eigenvalue weighted by Crippen LogP contribution is 2.33. The van der Waals surface area contributed by atoms with Gasteiger partial charge in [-0.2, -0.15) is 0 Å². The summed E-state index contributed by atoms with van der Waals surface area (Å²) in [4.78, 5) is 30.6. The molecule has 7 heteroatoms. The van der Waals surface area contributed by atoms with Crippen molar-refractivity contribution >= 4 is 21.4 Å². The quantitative estimate of drug-likeness (QED) is 0.588. The molecule has 0 bridgehead atoms. The number of benzene rings is 1. The van der Waals surface area contributed by atoms with Gasteiger partial charge in [0.1, 0.15) is 5.75 Å². The van der Waals surface area contributed by atoms with Crippen LogP contribution in [0.1, 0.15) is 11.1 Å². The molecule has 27 heavy (non-hydrogen) atoms. The van der Waals surface area contributed by atoms with Gasteiger partial charge in [-0.3, -0.25) is 14.3 Å². The Kier molecular flexibility index (Phi) is 4.16. The van der Waals surface area contributed by atoms with Crippen molar-refractivity contribution < 1.29 is 4.74 Å². The van der Waals surface area contributed by atoms with Crippen LogP contribution < -0.4 is 16.0 Å². The van der Waals surface area contributed by atoms with E-state index in [0.29, 0.717) is 22.9 Å². The smallest absolute Gasteiger partial charge is 0.328 e. The van der Waals surface area contributed by atoms with E-state index in [1.807, 2.05) is 42.6 Å². The third-order valence-corrected chi connectivity index (χ3v) is 5.48. The number of rotatable bonds is 3. The Hall–Kier alpha value is -3.19. The zero-order valence-corrected chi connectivity index (χ0v) is 15.9. The normalized spacial score (nSPS) is 11.1. The molecular formula is C20H17N3O3S. The van der Waals surface area contributed by atoms with E-state index in [0.717, 1.165) is 21.2 Å². The van der Waals surface area contributed by atoms with Gasteiger partial charge in [-0.25, -0.2) is 9.78 Å². The van der Waals surface area contributed by atoms with Gasteiger partial charge in [-0.15, -0.1) is 11.3 Å². The van der Waals surface area contributed by atoms with Crippen molar-refractivity contribution in [2.45, 2.75) is 13.8 Å². The number of nitrogens with one attached hydrogen (secondary N) is 1. The molecule has 3 heterocycles. The Morgan fingerprint density at radius 2 is 1.96 bits per heavy atom. The van der Waals surface area contributed by atoms with Crippen LogP contribution in [0, 0.1) is 13.8 Å². The molecule has 0 atom stereocenters. The predicted octanol–water partition coefficient (Wildman–Crippen LogP) is 3.76. The summed E-state index contributed by atoms with van der Waals surface area (Å²) in [7, 11) is 1.64. The minimum absolute atomic E-state index is 0.374. The lowest BCUT2D eigenvalue weighted by Gasteiger charge is -2.14. The molecule has 136 valence electrons. The summed E-state index contributed by atoms with van der Waals surface area (Å²) in [6, 6.07) is 9.54. The van der Waals surface area contributed by atoms with Crippen molar-refractivity contribution in [2.24, 2.45) is 7.05 Å². The topological polar surface area (TPSA) is 77.0 Å². The molecule has 3 aromatic heterocycles. The molecule has 0 aliphatic heterocycles. The lowest BCUT2D eigenvalue weighted by Crippen LogP contribution is -2.31. The van der Waals surface area contributed by atoms with E-state index < -0.39 is 5.69 Å². The molecule has 6 nitrogen and oxygen atoms in total. The Morgan fingerprint density at radius 3 is 2.74 bits per heavy atom. The van der Waals surface area contributed by atoms with Crippen molar-refractivity contribution in [3.63, 3.8) is 0 Å². The van der Waals surface area contributed by atoms with Crippen LogP contribution >= 0.6 is 11.3 Å². The van der Waals surface area contributed by atoms with Gasteiger partial charge in [0.05, 0.1) is 10.4 Å². The highest BCUT2D eigenvalue weighted by Gasteiger charge is 2.14. The number of hydrogen-bond acceptors (Lipinski definition) is 5. The molecule has 1 N–H and O–H groups in total. The van der Waals surface area contributed by atoms with Crippen LogP contribution in [0.3, 0.4) is 0 Å². The van der Waals surface area contributed by atoms with E-state index >= 15 is 0 Å². The van der Waals surface area contributed by atoms with E-state index in [-0.39, 0.29) is 5.56 Å². The first-order valence-corrected chi connectivity index (χ1v) is 9.24. The molecule has 0 spiro atoms. The van der Waals surface area contributed by atoms with Crippen molar-refractivity contribution in [2.75, 3.05) is 0 Å². The number of pyridine rings is 1. The molecule has 0 saturated carbocycles. The number of H-pyrrole nitrogens is 1.